The van der Waals surface area contributed by atoms with E-state index in [2.05, 4.69) is 26.1 Å². The van der Waals surface area contributed by atoms with E-state index in [0.29, 0.717) is 22.2 Å². The summed E-state index contributed by atoms with van der Waals surface area (Å²) in [5.41, 5.74) is 0.720. The molecule has 0 aromatic heterocycles. The summed E-state index contributed by atoms with van der Waals surface area (Å²) < 4.78 is 0. The van der Waals surface area contributed by atoms with Crippen molar-refractivity contribution in [3.05, 3.63) is 33.8 Å². The molecule has 0 spiro atoms. The fraction of sp³-hybridized carbons (Fsp3) is 0.571. The Kier molecular flexibility index (Phi) is 5.93. The zero-order valence-electron chi connectivity index (χ0n) is 11.1. The first-order chi connectivity index (χ1) is 8.41. The lowest BCUT2D eigenvalue weighted by atomic mass is 9.95. The molecule has 0 fully saturated rings. The molecule has 0 aliphatic rings. The molecule has 1 aromatic rings. The van der Waals surface area contributed by atoms with E-state index in [4.69, 9.17) is 23.2 Å². The van der Waals surface area contributed by atoms with Gasteiger partial charge in [0.05, 0.1) is 6.10 Å². The second kappa shape index (κ2) is 6.76. The van der Waals surface area contributed by atoms with Gasteiger partial charge >= 0.3 is 0 Å². The predicted octanol–water partition coefficient (Wildman–Crippen LogP) is 4.20. The zero-order valence-corrected chi connectivity index (χ0v) is 12.6. The quantitative estimate of drug-likeness (QED) is 0.823. The summed E-state index contributed by atoms with van der Waals surface area (Å²) in [7, 11) is 0. The third-order valence-electron chi connectivity index (χ3n) is 3.60. The molecule has 0 amide bonds. The molecule has 1 atom stereocenters. The third kappa shape index (κ3) is 4.13. The Morgan fingerprint density at radius 2 is 1.89 bits per heavy atom. The first kappa shape index (κ1) is 15.8. The van der Waals surface area contributed by atoms with Crippen LogP contribution in [0.15, 0.2) is 18.2 Å². The molecule has 2 N–H and O–H groups in total. The summed E-state index contributed by atoms with van der Waals surface area (Å²) in [5.74, 6) is 0. The van der Waals surface area contributed by atoms with Crippen LogP contribution >= 0.6 is 23.2 Å². The maximum absolute atomic E-state index is 10.2. The third-order valence-corrected chi connectivity index (χ3v) is 4.18. The summed E-state index contributed by atoms with van der Waals surface area (Å²) in [5, 5.41) is 14.7. The minimum Gasteiger partial charge on any atom is -0.387 e. The van der Waals surface area contributed by atoms with Gasteiger partial charge in [-0.2, -0.15) is 0 Å². The Hall–Kier alpha value is -0.280. The lowest BCUT2D eigenvalue weighted by Gasteiger charge is -2.30. The molecule has 1 aromatic carbocycles. The van der Waals surface area contributed by atoms with E-state index in [1.165, 1.54) is 0 Å². The zero-order chi connectivity index (χ0) is 13.8. The molecule has 4 heteroatoms. The summed E-state index contributed by atoms with van der Waals surface area (Å²) in [4.78, 5) is 0. The van der Waals surface area contributed by atoms with Gasteiger partial charge in [0.15, 0.2) is 0 Å². The van der Waals surface area contributed by atoms with Crippen LogP contribution in [0.2, 0.25) is 10.0 Å². The second-order valence-electron chi connectivity index (χ2n) is 4.83. The maximum atomic E-state index is 10.2. The summed E-state index contributed by atoms with van der Waals surface area (Å²) >= 11 is 12.0. The molecule has 1 rings (SSSR count). The van der Waals surface area contributed by atoms with Gasteiger partial charge in [-0.1, -0.05) is 37.0 Å². The normalized spacial score (nSPS) is 13.7. The highest BCUT2D eigenvalue weighted by molar-refractivity contribution is 6.33. The lowest BCUT2D eigenvalue weighted by Crippen LogP contribution is -2.43. The van der Waals surface area contributed by atoms with Crippen LogP contribution in [0.5, 0.6) is 0 Å². The minimum absolute atomic E-state index is 0.0476. The molecule has 0 saturated heterocycles. The van der Waals surface area contributed by atoms with Crippen molar-refractivity contribution in [1.82, 2.24) is 5.32 Å². The van der Waals surface area contributed by atoms with Gasteiger partial charge in [-0.3, -0.25) is 0 Å². The van der Waals surface area contributed by atoms with E-state index >= 15 is 0 Å². The van der Waals surface area contributed by atoms with Crippen molar-refractivity contribution in [3.8, 4) is 0 Å². The van der Waals surface area contributed by atoms with Gasteiger partial charge in [0.2, 0.25) is 0 Å². The van der Waals surface area contributed by atoms with Gasteiger partial charge in [-0.05, 0) is 38.0 Å². The highest BCUT2D eigenvalue weighted by Crippen LogP contribution is 2.26. The van der Waals surface area contributed by atoms with Gasteiger partial charge in [-0.15, -0.1) is 0 Å². The number of hydrogen-bond donors (Lipinski definition) is 2. The molecule has 0 heterocycles. The molecule has 1 unspecified atom stereocenters. The van der Waals surface area contributed by atoms with Crippen LogP contribution in [-0.4, -0.2) is 17.2 Å². The molecule has 0 saturated carbocycles. The molecule has 0 radical (unpaired) electrons. The lowest BCUT2D eigenvalue weighted by molar-refractivity contribution is 0.156. The van der Waals surface area contributed by atoms with Crippen molar-refractivity contribution in [2.45, 2.75) is 45.3 Å². The van der Waals surface area contributed by atoms with Crippen LogP contribution in [0.25, 0.3) is 0 Å². The SMILES string of the molecule is CCC(C)(CC)NCC(O)c1cc(Cl)ccc1Cl. The van der Waals surface area contributed by atoms with Crippen LogP contribution in [0.3, 0.4) is 0 Å². The Balaban J connectivity index is 2.71. The molecule has 2 nitrogen and oxygen atoms in total. The molecule has 102 valence electrons. The minimum atomic E-state index is -0.645. The number of aliphatic hydroxyl groups is 1. The van der Waals surface area contributed by atoms with E-state index in [0.717, 1.165) is 12.8 Å². The number of benzene rings is 1. The van der Waals surface area contributed by atoms with Gasteiger partial charge in [0, 0.05) is 27.7 Å². The first-order valence-corrected chi connectivity index (χ1v) is 7.05. The van der Waals surface area contributed by atoms with Crippen molar-refractivity contribution in [1.29, 1.82) is 0 Å². The highest BCUT2D eigenvalue weighted by Gasteiger charge is 2.21. The number of β-amino-alcohol motifs (C(OH)–C–C–N with tert-alkyl or cyclic N) is 1. The van der Waals surface area contributed by atoms with E-state index in [1.807, 2.05) is 0 Å². The fourth-order valence-corrected chi connectivity index (χ4v) is 2.15. The Bertz CT molecular complexity index is 391. The standard InChI is InChI=1S/C14H21Cl2NO/c1-4-14(3,5-2)17-9-13(18)11-8-10(15)6-7-12(11)16/h6-8,13,17-18H,4-5,9H2,1-3H3. The Morgan fingerprint density at radius 3 is 2.44 bits per heavy atom. The summed E-state index contributed by atoms with van der Waals surface area (Å²) in [6.07, 6.45) is 1.38. The number of nitrogens with one attached hydrogen (secondary N) is 1. The van der Waals surface area contributed by atoms with Crippen molar-refractivity contribution in [3.63, 3.8) is 0 Å². The average Bonchev–Trinajstić information content (AvgIpc) is 2.38. The van der Waals surface area contributed by atoms with Crippen LogP contribution in [0.4, 0.5) is 0 Å². The Labute approximate surface area is 119 Å². The van der Waals surface area contributed by atoms with E-state index in [9.17, 15) is 5.11 Å². The smallest absolute Gasteiger partial charge is 0.0929 e. The first-order valence-electron chi connectivity index (χ1n) is 6.30. The van der Waals surface area contributed by atoms with Crippen LogP contribution in [0, 0.1) is 0 Å². The number of aliphatic hydroxyl groups excluding tert-OH is 1. The molecule has 0 aliphatic carbocycles. The van der Waals surface area contributed by atoms with Crippen LogP contribution in [-0.2, 0) is 0 Å². The number of halogens is 2. The van der Waals surface area contributed by atoms with Gasteiger partial charge < -0.3 is 10.4 Å². The molecule has 0 bridgehead atoms. The number of rotatable bonds is 6. The van der Waals surface area contributed by atoms with Crippen LogP contribution in [0.1, 0.15) is 45.3 Å². The molecular formula is C14H21Cl2NO. The summed E-state index contributed by atoms with van der Waals surface area (Å²) in [6, 6.07) is 5.14. The maximum Gasteiger partial charge on any atom is 0.0929 e. The summed E-state index contributed by atoms with van der Waals surface area (Å²) in [6.45, 7) is 6.89. The number of hydrogen-bond acceptors (Lipinski definition) is 2. The average molecular weight is 290 g/mol. The monoisotopic (exact) mass is 289 g/mol. The van der Waals surface area contributed by atoms with Gasteiger partial charge in [-0.25, -0.2) is 0 Å². The van der Waals surface area contributed by atoms with Gasteiger partial charge in [0.1, 0.15) is 0 Å². The van der Waals surface area contributed by atoms with Gasteiger partial charge in [0.25, 0.3) is 0 Å². The van der Waals surface area contributed by atoms with Crippen molar-refractivity contribution in [2.24, 2.45) is 0 Å². The highest BCUT2D eigenvalue weighted by atomic mass is 35.5. The molecule has 0 aliphatic heterocycles. The largest absolute Gasteiger partial charge is 0.387 e. The second-order valence-corrected chi connectivity index (χ2v) is 5.67. The van der Waals surface area contributed by atoms with Crippen molar-refractivity contribution < 1.29 is 5.11 Å². The van der Waals surface area contributed by atoms with Crippen molar-refractivity contribution in [2.75, 3.05) is 6.54 Å². The van der Waals surface area contributed by atoms with Crippen molar-refractivity contribution >= 4 is 23.2 Å². The topological polar surface area (TPSA) is 32.3 Å². The van der Waals surface area contributed by atoms with Crippen LogP contribution < -0.4 is 5.32 Å². The molecule has 18 heavy (non-hydrogen) atoms. The molecular weight excluding hydrogens is 269 g/mol. The Morgan fingerprint density at radius 1 is 1.28 bits per heavy atom. The van der Waals surface area contributed by atoms with E-state index in [1.54, 1.807) is 18.2 Å². The van der Waals surface area contributed by atoms with E-state index < -0.39 is 6.10 Å². The fourth-order valence-electron chi connectivity index (χ4n) is 1.72. The van der Waals surface area contributed by atoms with E-state index in [-0.39, 0.29) is 5.54 Å². The predicted molar refractivity (Wildman–Crippen MR) is 78.4 cm³/mol.